The van der Waals surface area contributed by atoms with Crippen molar-refractivity contribution < 1.29 is 13.6 Å². The first-order valence-corrected chi connectivity index (χ1v) is 19.2. The molecule has 4 aromatic carbocycles. The normalized spacial score (nSPS) is 14.0. The van der Waals surface area contributed by atoms with Crippen molar-refractivity contribution in [3.05, 3.63) is 171 Å². The number of aryl methyl sites for hydroxylation is 3. The molecule has 0 unspecified atom stereocenters. The Morgan fingerprint density at radius 2 is 1.53 bits per heavy atom. The molecule has 2 aromatic heterocycles. The first-order chi connectivity index (χ1) is 26.5. The Balaban J connectivity index is 1.16. The van der Waals surface area contributed by atoms with Gasteiger partial charge in [-0.25, -0.2) is 13.8 Å². The summed E-state index contributed by atoms with van der Waals surface area (Å²) in [6.45, 7) is 7.88. The van der Waals surface area contributed by atoms with Gasteiger partial charge in [0.1, 0.15) is 23.7 Å². The Hall–Kier alpha value is -5.47. The SMILES string of the molecule is Cc1cccc(CCc2cc(=O)c3cccnc3n2CC(=O)N(Cc2ccc(-c3ccc(C(C)(C)F)cc3)cc2)C2CCN(Cc3ccccc3)CC2)c1F. The zero-order chi connectivity index (χ0) is 38.5. The van der Waals surface area contributed by atoms with Gasteiger partial charge in [0.05, 0.1) is 5.39 Å². The number of benzene rings is 4. The molecule has 282 valence electrons. The van der Waals surface area contributed by atoms with Crippen molar-refractivity contribution in [1.82, 2.24) is 19.4 Å². The third kappa shape index (κ3) is 8.92. The molecule has 0 atom stereocenters. The lowest BCUT2D eigenvalue weighted by molar-refractivity contribution is -0.136. The number of likely N-dealkylation sites (tertiary alicyclic amines) is 1. The van der Waals surface area contributed by atoms with Crippen LogP contribution in [0.1, 0.15) is 60.2 Å². The Morgan fingerprint density at radius 1 is 0.836 bits per heavy atom. The van der Waals surface area contributed by atoms with Gasteiger partial charge in [-0.1, -0.05) is 97.1 Å². The van der Waals surface area contributed by atoms with Gasteiger partial charge >= 0.3 is 0 Å². The smallest absolute Gasteiger partial charge is 0.243 e. The Bertz CT molecular complexity index is 2310. The first-order valence-electron chi connectivity index (χ1n) is 19.2. The second-order valence-corrected chi connectivity index (χ2v) is 15.3. The number of alkyl halides is 1. The Kier molecular flexibility index (Phi) is 11.3. The van der Waals surface area contributed by atoms with E-state index in [2.05, 4.69) is 58.4 Å². The van der Waals surface area contributed by atoms with E-state index >= 15 is 4.39 Å². The van der Waals surface area contributed by atoms with Gasteiger partial charge in [0, 0.05) is 50.2 Å². The number of fused-ring (bicyclic) bond motifs is 1. The maximum absolute atomic E-state index is 15.0. The van der Waals surface area contributed by atoms with Crippen molar-refractivity contribution in [2.75, 3.05) is 13.1 Å². The van der Waals surface area contributed by atoms with Crippen LogP contribution in [0.25, 0.3) is 22.2 Å². The van der Waals surface area contributed by atoms with E-state index in [-0.39, 0.29) is 29.7 Å². The molecule has 1 aliphatic heterocycles. The fourth-order valence-corrected chi connectivity index (χ4v) is 7.73. The average Bonchev–Trinajstić information content (AvgIpc) is 3.19. The molecule has 0 bridgehead atoms. The molecule has 7 rings (SSSR count). The lowest BCUT2D eigenvalue weighted by Gasteiger charge is -2.39. The van der Waals surface area contributed by atoms with Gasteiger partial charge in [-0.2, -0.15) is 0 Å². The standard InChI is InChI=1S/C47H48F2N4O2/c1-33-9-7-12-38(45(33)48)20-23-41-29-43(54)42-13-8-26-50-46(42)53(41)32-44(55)52(40-24-27-51(28-25-40)30-34-10-5-4-6-11-34)31-35-14-16-36(17-15-35)37-18-21-39(22-19-37)47(2,3)49/h4-19,21-22,26,29,40H,20,23-25,27-28,30-32H2,1-3H3. The summed E-state index contributed by atoms with van der Waals surface area (Å²) in [5.74, 6) is -0.309. The molecule has 0 aliphatic carbocycles. The van der Waals surface area contributed by atoms with Crippen molar-refractivity contribution in [1.29, 1.82) is 0 Å². The third-order valence-electron chi connectivity index (χ3n) is 10.9. The number of hydrogen-bond donors (Lipinski definition) is 0. The minimum Gasteiger partial charge on any atom is -0.334 e. The summed E-state index contributed by atoms with van der Waals surface area (Å²) in [6, 6.07) is 36.6. The monoisotopic (exact) mass is 738 g/mol. The summed E-state index contributed by atoms with van der Waals surface area (Å²) in [6.07, 6.45) is 4.05. The molecule has 1 saturated heterocycles. The fourth-order valence-electron chi connectivity index (χ4n) is 7.73. The molecule has 1 fully saturated rings. The van der Waals surface area contributed by atoms with Crippen molar-refractivity contribution >= 4 is 16.9 Å². The van der Waals surface area contributed by atoms with Gasteiger partial charge in [-0.3, -0.25) is 14.5 Å². The molecule has 0 saturated carbocycles. The molecule has 0 N–H and O–H groups in total. The molecule has 3 heterocycles. The largest absolute Gasteiger partial charge is 0.334 e. The summed E-state index contributed by atoms with van der Waals surface area (Å²) >= 11 is 0. The summed E-state index contributed by atoms with van der Waals surface area (Å²) in [5.41, 5.74) is 5.58. The van der Waals surface area contributed by atoms with Crippen molar-refractivity contribution in [3.63, 3.8) is 0 Å². The van der Waals surface area contributed by atoms with Crippen LogP contribution in [-0.2, 0) is 42.9 Å². The molecule has 55 heavy (non-hydrogen) atoms. The van der Waals surface area contributed by atoms with E-state index in [0.717, 1.165) is 49.2 Å². The summed E-state index contributed by atoms with van der Waals surface area (Å²) in [7, 11) is 0. The van der Waals surface area contributed by atoms with E-state index in [1.54, 1.807) is 57.3 Å². The van der Waals surface area contributed by atoms with E-state index < -0.39 is 5.67 Å². The van der Waals surface area contributed by atoms with Crippen molar-refractivity contribution in [3.8, 4) is 11.1 Å². The van der Waals surface area contributed by atoms with Crippen LogP contribution in [0.2, 0.25) is 0 Å². The summed E-state index contributed by atoms with van der Waals surface area (Å²) < 4.78 is 31.4. The second kappa shape index (κ2) is 16.5. The zero-order valence-corrected chi connectivity index (χ0v) is 31.8. The van der Waals surface area contributed by atoms with Crippen molar-refractivity contribution in [2.24, 2.45) is 0 Å². The summed E-state index contributed by atoms with van der Waals surface area (Å²) in [4.78, 5) is 37.1. The predicted octanol–water partition coefficient (Wildman–Crippen LogP) is 9.19. The molecular formula is C47H48F2N4O2. The molecule has 1 aliphatic rings. The number of carbonyl (C=O) groups is 1. The molecule has 1 amide bonds. The Labute approximate surface area is 322 Å². The van der Waals surface area contributed by atoms with Crippen LogP contribution >= 0.6 is 0 Å². The quantitative estimate of drug-likeness (QED) is 0.126. The highest BCUT2D eigenvalue weighted by Gasteiger charge is 2.29. The number of hydrogen-bond acceptors (Lipinski definition) is 4. The molecule has 0 spiro atoms. The highest BCUT2D eigenvalue weighted by Crippen LogP contribution is 2.29. The van der Waals surface area contributed by atoms with Crippen LogP contribution in [0.3, 0.4) is 0 Å². The molecule has 0 radical (unpaired) electrons. The highest BCUT2D eigenvalue weighted by atomic mass is 19.1. The third-order valence-corrected chi connectivity index (χ3v) is 10.9. The molecule has 6 aromatic rings. The number of amides is 1. The number of pyridine rings is 2. The van der Waals surface area contributed by atoms with E-state index in [0.29, 0.717) is 52.8 Å². The average molecular weight is 739 g/mol. The minimum atomic E-state index is -1.41. The maximum atomic E-state index is 15.0. The highest BCUT2D eigenvalue weighted by molar-refractivity contribution is 5.81. The van der Waals surface area contributed by atoms with Crippen LogP contribution in [0, 0.1) is 12.7 Å². The maximum Gasteiger partial charge on any atom is 0.243 e. The number of aromatic nitrogens is 2. The van der Waals surface area contributed by atoms with E-state index in [1.165, 1.54) is 5.56 Å². The van der Waals surface area contributed by atoms with E-state index in [4.69, 9.17) is 0 Å². The van der Waals surface area contributed by atoms with Crippen LogP contribution in [0.5, 0.6) is 0 Å². The number of nitrogens with zero attached hydrogens (tertiary/aromatic N) is 4. The van der Waals surface area contributed by atoms with Crippen LogP contribution in [0.15, 0.2) is 126 Å². The molecule has 8 heteroatoms. The minimum absolute atomic E-state index is 0.000984. The number of carbonyl (C=O) groups excluding carboxylic acids is 1. The van der Waals surface area contributed by atoms with E-state index in [9.17, 15) is 14.0 Å². The second-order valence-electron chi connectivity index (χ2n) is 15.3. The number of halogens is 2. The molecule has 6 nitrogen and oxygen atoms in total. The lowest BCUT2D eigenvalue weighted by Crippen LogP contribution is -2.48. The number of rotatable bonds is 12. The van der Waals surface area contributed by atoms with E-state index in [1.807, 2.05) is 45.9 Å². The van der Waals surface area contributed by atoms with Crippen LogP contribution in [0.4, 0.5) is 8.78 Å². The summed E-state index contributed by atoms with van der Waals surface area (Å²) in [5, 5.41) is 0.445. The van der Waals surface area contributed by atoms with Gasteiger partial charge in [-0.15, -0.1) is 0 Å². The van der Waals surface area contributed by atoms with Crippen LogP contribution < -0.4 is 5.43 Å². The predicted molar refractivity (Wildman–Crippen MR) is 216 cm³/mol. The first kappa shape index (κ1) is 37.8. The Morgan fingerprint density at radius 3 is 2.22 bits per heavy atom. The van der Waals surface area contributed by atoms with Gasteiger partial charge < -0.3 is 9.47 Å². The van der Waals surface area contributed by atoms with Crippen molar-refractivity contribution in [2.45, 2.75) is 77.8 Å². The zero-order valence-electron chi connectivity index (χ0n) is 31.8. The van der Waals surface area contributed by atoms with Gasteiger partial charge in [0.15, 0.2) is 5.43 Å². The van der Waals surface area contributed by atoms with Gasteiger partial charge in [0.2, 0.25) is 5.91 Å². The van der Waals surface area contributed by atoms with Gasteiger partial charge in [0.25, 0.3) is 0 Å². The van der Waals surface area contributed by atoms with Crippen LogP contribution in [-0.4, -0.2) is 44.4 Å². The fraction of sp³-hybridized carbons (Fsp3) is 0.298. The topological polar surface area (TPSA) is 58.4 Å². The van der Waals surface area contributed by atoms with Gasteiger partial charge in [-0.05, 0) is 97.5 Å². The molecular weight excluding hydrogens is 691 g/mol. The lowest BCUT2D eigenvalue weighted by atomic mass is 9.96. The number of piperidine rings is 1.